The molecule has 1 aliphatic rings. The normalized spacial score (nSPS) is 18.4. The van der Waals surface area contributed by atoms with Crippen molar-refractivity contribution in [3.63, 3.8) is 0 Å². The quantitative estimate of drug-likeness (QED) is 0.790. The number of thioether (sulfide) groups is 1. The Morgan fingerprint density at radius 3 is 2.82 bits per heavy atom. The Bertz CT molecular complexity index is 540. The third kappa shape index (κ3) is 2.11. The standard InChI is InChI=1S/C11H9BrClN3S/c12-5-9-6-16-10(14-15-11(16)17-9)7-1-3-8(13)4-2-7/h1-4,9H,5-6H2. The molecule has 2 heterocycles. The van der Waals surface area contributed by atoms with Crippen molar-refractivity contribution in [3.8, 4) is 11.4 Å². The second-order valence-electron chi connectivity index (χ2n) is 3.82. The van der Waals surface area contributed by atoms with E-state index in [4.69, 9.17) is 11.6 Å². The fourth-order valence-electron chi connectivity index (χ4n) is 1.82. The molecular formula is C11H9BrClN3S. The zero-order valence-electron chi connectivity index (χ0n) is 8.81. The van der Waals surface area contributed by atoms with Crippen LogP contribution in [-0.4, -0.2) is 25.3 Å². The van der Waals surface area contributed by atoms with E-state index in [1.807, 2.05) is 24.3 Å². The Labute approximate surface area is 117 Å². The van der Waals surface area contributed by atoms with E-state index in [0.717, 1.165) is 33.4 Å². The summed E-state index contributed by atoms with van der Waals surface area (Å²) >= 11 is 11.2. The van der Waals surface area contributed by atoms with E-state index < -0.39 is 0 Å². The highest BCUT2D eigenvalue weighted by molar-refractivity contribution is 9.09. The number of alkyl halides is 1. The van der Waals surface area contributed by atoms with E-state index in [9.17, 15) is 0 Å². The Kier molecular flexibility index (Phi) is 3.15. The van der Waals surface area contributed by atoms with Gasteiger partial charge < -0.3 is 4.57 Å². The molecule has 3 rings (SSSR count). The molecule has 0 fully saturated rings. The van der Waals surface area contributed by atoms with Crippen LogP contribution in [0.15, 0.2) is 29.4 Å². The average Bonchev–Trinajstić information content (AvgIpc) is 2.89. The van der Waals surface area contributed by atoms with Crippen molar-refractivity contribution < 1.29 is 0 Å². The first-order valence-electron chi connectivity index (χ1n) is 5.19. The van der Waals surface area contributed by atoms with Gasteiger partial charge in [0.25, 0.3) is 0 Å². The fourth-order valence-corrected chi connectivity index (χ4v) is 3.51. The molecule has 17 heavy (non-hydrogen) atoms. The minimum Gasteiger partial charge on any atom is -0.301 e. The number of fused-ring (bicyclic) bond motifs is 1. The Morgan fingerprint density at radius 1 is 1.35 bits per heavy atom. The summed E-state index contributed by atoms with van der Waals surface area (Å²) in [5.74, 6) is 0.924. The van der Waals surface area contributed by atoms with Gasteiger partial charge in [0.1, 0.15) is 0 Å². The van der Waals surface area contributed by atoms with Gasteiger partial charge in [0.2, 0.25) is 0 Å². The van der Waals surface area contributed by atoms with Crippen LogP contribution in [0.2, 0.25) is 5.02 Å². The molecular weight excluding hydrogens is 322 g/mol. The number of hydrogen-bond donors (Lipinski definition) is 0. The van der Waals surface area contributed by atoms with E-state index in [0.29, 0.717) is 5.25 Å². The first-order chi connectivity index (χ1) is 8.28. The lowest BCUT2D eigenvalue weighted by molar-refractivity contribution is 0.679. The van der Waals surface area contributed by atoms with Gasteiger partial charge in [0.15, 0.2) is 11.0 Å². The van der Waals surface area contributed by atoms with Gasteiger partial charge in [-0.1, -0.05) is 39.3 Å². The largest absolute Gasteiger partial charge is 0.301 e. The molecule has 0 aliphatic carbocycles. The fraction of sp³-hybridized carbons (Fsp3) is 0.273. The highest BCUT2D eigenvalue weighted by Crippen LogP contribution is 2.35. The van der Waals surface area contributed by atoms with Crippen molar-refractivity contribution in [2.75, 3.05) is 5.33 Å². The summed E-state index contributed by atoms with van der Waals surface area (Å²) in [5, 5.41) is 11.7. The highest BCUT2D eigenvalue weighted by Gasteiger charge is 2.26. The van der Waals surface area contributed by atoms with E-state index in [1.165, 1.54) is 0 Å². The van der Waals surface area contributed by atoms with Gasteiger partial charge in [-0.15, -0.1) is 10.2 Å². The van der Waals surface area contributed by atoms with Crippen LogP contribution in [-0.2, 0) is 6.54 Å². The number of benzene rings is 1. The lowest BCUT2D eigenvalue weighted by Crippen LogP contribution is -2.07. The van der Waals surface area contributed by atoms with Crippen LogP contribution < -0.4 is 0 Å². The first kappa shape index (κ1) is 11.6. The lowest BCUT2D eigenvalue weighted by Gasteiger charge is -2.05. The van der Waals surface area contributed by atoms with Crippen LogP contribution in [0.4, 0.5) is 0 Å². The molecule has 3 nitrogen and oxygen atoms in total. The maximum Gasteiger partial charge on any atom is 0.191 e. The maximum atomic E-state index is 5.88. The average molecular weight is 331 g/mol. The van der Waals surface area contributed by atoms with E-state index >= 15 is 0 Å². The number of halogens is 2. The summed E-state index contributed by atoms with van der Waals surface area (Å²) in [4.78, 5) is 0. The Balaban J connectivity index is 1.98. The van der Waals surface area contributed by atoms with Crippen molar-refractivity contribution in [2.45, 2.75) is 17.0 Å². The van der Waals surface area contributed by atoms with E-state index in [1.54, 1.807) is 11.8 Å². The molecule has 2 aromatic rings. The van der Waals surface area contributed by atoms with Crippen molar-refractivity contribution in [1.82, 2.24) is 14.8 Å². The van der Waals surface area contributed by atoms with Gasteiger partial charge in [-0.25, -0.2) is 0 Å². The summed E-state index contributed by atoms with van der Waals surface area (Å²) < 4.78 is 2.17. The second kappa shape index (κ2) is 4.63. The van der Waals surface area contributed by atoms with Crippen LogP contribution in [0.1, 0.15) is 0 Å². The summed E-state index contributed by atoms with van der Waals surface area (Å²) in [5.41, 5.74) is 1.06. The van der Waals surface area contributed by atoms with Crippen molar-refractivity contribution >= 4 is 39.3 Å². The van der Waals surface area contributed by atoms with E-state index in [2.05, 4.69) is 30.7 Å². The predicted octanol–water partition coefficient (Wildman–Crippen LogP) is 3.47. The molecule has 1 aromatic carbocycles. The number of aromatic nitrogens is 3. The molecule has 0 N–H and O–H groups in total. The molecule has 6 heteroatoms. The van der Waals surface area contributed by atoms with Gasteiger partial charge in [0.05, 0.1) is 0 Å². The monoisotopic (exact) mass is 329 g/mol. The van der Waals surface area contributed by atoms with Gasteiger partial charge in [-0.05, 0) is 24.3 Å². The third-order valence-electron chi connectivity index (χ3n) is 2.65. The topological polar surface area (TPSA) is 30.7 Å². The van der Waals surface area contributed by atoms with E-state index in [-0.39, 0.29) is 0 Å². The molecule has 0 amide bonds. The van der Waals surface area contributed by atoms with Gasteiger partial charge in [0, 0.05) is 27.7 Å². The maximum absolute atomic E-state index is 5.88. The van der Waals surface area contributed by atoms with Crippen LogP contribution >= 0.6 is 39.3 Å². The minimum atomic E-state index is 0.548. The molecule has 0 radical (unpaired) electrons. The molecule has 1 unspecified atom stereocenters. The number of rotatable bonds is 2. The minimum absolute atomic E-state index is 0.548. The van der Waals surface area contributed by atoms with Crippen molar-refractivity contribution in [2.24, 2.45) is 0 Å². The molecule has 0 saturated heterocycles. The molecule has 88 valence electrons. The van der Waals surface area contributed by atoms with Gasteiger partial charge in [-0.3, -0.25) is 0 Å². The molecule has 0 saturated carbocycles. The molecule has 1 aliphatic heterocycles. The Morgan fingerprint density at radius 2 is 2.12 bits per heavy atom. The summed E-state index contributed by atoms with van der Waals surface area (Å²) in [6.45, 7) is 0.955. The van der Waals surface area contributed by atoms with Crippen LogP contribution in [0.5, 0.6) is 0 Å². The summed E-state index contributed by atoms with van der Waals surface area (Å²) in [7, 11) is 0. The molecule has 0 bridgehead atoms. The molecule has 0 spiro atoms. The third-order valence-corrected chi connectivity index (χ3v) is 5.27. The second-order valence-corrected chi connectivity index (χ2v) is 6.17. The Hall–Kier alpha value is -0.520. The van der Waals surface area contributed by atoms with Crippen molar-refractivity contribution in [1.29, 1.82) is 0 Å². The molecule has 1 aromatic heterocycles. The predicted molar refractivity (Wildman–Crippen MR) is 73.9 cm³/mol. The zero-order chi connectivity index (χ0) is 11.8. The van der Waals surface area contributed by atoms with Gasteiger partial charge >= 0.3 is 0 Å². The van der Waals surface area contributed by atoms with Crippen LogP contribution in [0.25, 0.3) is 11.4 Å². The van der Waals surface area contributed by atoms with Crippen molar-refractivity contribution in [3.05, 3.63) is 29.3 Å². The number of nitrogens with zero attached hydrogens (tertiary/aromatic N) is 3. The molecule has 1 atom stereocenters. The SMILES string of the molecule is Clc1ccc(-c2nnc3n2CC(CBr)S3)cc1. The van der Waals surface area contributed by atoms with Gasteiger partial charge in [-0.2, -0.15) is 0 Å². The highest BCUT2D eigenvalue weighted by atomic mass is 79.9. The van der Waals surface area contributed by atoms with Crippen LogP contribution in [0.3, 0.4) is 0 Å². The summed E-state index contributed by atoms with van der Waals surface area (Å²) in [6, 6.07) is 7.71. The number of hydrogen-bond acceptors (Lipinski definition) is 3. The smallest absolute Gasteiger partial charge is 0.191 e. The zero-order valence-corrected chi connectivity index (χ0v) is 12.0. The summed E-state index contributed by atoms with van der Waals surface area (Å²) in [6.07, 6.45) is 0. The van der Waals surface area contributed by atoms with Crippen LogP contribution in [0, 0.1) is 0 Å². The lowest BCUT2D eigenvalue weighted by atomic mass is 10.2. The first-order valence-corrected chi connectivity index (χ1v) is 7.57.